The van der Waals surface area contributed by atoms with Crippen molar-refractivity contribution in [2.45, 2.75) is 40.6 Å². The summed E-state index contributed by atoms with van der Waals surface area (Å²) in [4.78, 5) is 12.1. The van der Waals surface area contributed by atoms with Gasteiger partial charge in [-0.3, -0.25) is 10.1 Å². The lowest BCUT2D eigenvalue weighted by Crippen LogP contribution is -2.14. The summed E-state index contributed by atoms with van der Waals surface area (Å²) in [7, 11) is 1.65. The molecule has 0 aliphatic rings. The van der Waals surface area contributed by atoms with Crippen molar-refractivity contribution >= 4 is 46.7 Å². The van der Waals surface area contributed by atoms with Gasteiger partial charge < -0.3 is 9.26 Å². The minimum absolute atomic E-state index is 0.131. The molecule has 154 valence electrons. The van der Waals surface area contributed by atoms with E-state index in [9.17, 15) is 4.79 Å². The first-order chi connectivity index (χ1) is 13.8. The van der Waals surface area contributed by atoms with Crippen molar-refractivity contribution in [3.8, 4) is 5.75 Å². The number of hydrogen-bond acceptors (Lipinski definition) is 9. The molecule has 1 amide bonds. The molecule has 0 unspecified atom stereocenters. The van der Waals surface area contributed by atoms with Crippen LogP contribution in [0.25, 0.3) is 0 Å². The number of nitrogens with zero attached hydrogens (tertiary/aromatic N) is 3. The molecule has 3 rings (SSSR count). The van der Waals surface area contributed by atoms with Gasteiger partial charge in [0.1, 0.15) is 5.75 Å². The third-order valence-electron chi connectivity index (χ3n) is 3.78. The number of hydrogen-bond donors (Lipinski definition) is 1. The highest BCUT2D eigenvalue weighted by Gasteiger charge is 2.19. The first-order valence-corrected chi connectivity index (χ1v) is 11.6. The maximum Gasteiger partial charge on any atom is 0.237 e. The maximum absolute atomic E-state index is 12.1. The summed E-state index contributed by atoms with van der Waals surface area (Å²) in [5.41, 5.74) is 1.84. The van der Waals surface area contributed by atoms with Crippen molar-refractivity contribution in [2.75, 3.05) is 18.2 Å². The number of anilines is 1. The molecule has 0 bridgehead atoms. The molecule has 0 aliphatic carbocycles. The number of benzene rings is 1. The van der Waals surface area contributed by atoms with Crippen molar-refractivity contribution in [1.29, 1.82) is 0 Å². The molecule has 29 heavy (non-hydrogen) atoms. The zero-order valence-corrected chi connectivity index (χ0v) is 19.0. The normalized spacial score (nSPS) is 11.4. The molecule has 1 aromatic carbocycles. The van der Waals surface area contributed by atoms with Crippen molar-refractivity contribution in [2.24, 2.45) is 0 Å². The molecule has 0 atom stereocenters. The Balaban J connectivity index is 1.44. The molecular formula is C19H22N4O3S3. The Morgan fingerprint density at radius 2 is 1.86 bits per heavy atom. The van der Waals surface area contributed by atoms with E-state index in [0.29, 0.717) is 5.88 Å². The van der Waals surface area contributed by atoms with Crippen LogP contribution >= 0.6 is 34.9 Å². The van der Waals surface area contributed by atoms with E-state index < -0.39 is 0 Å². The number of thioether (sulfide) groups is 2. The summed E-state index contributed by atoms with van der Waals surface area (Å²) in [6.45, 7) is 6.10. The Labute approximate surface area is 182 Å². The van der Waals surface area contributed by atoms with E-state index in [4.69, 9.17) is 9.26 Å². The quantitative estimate of drug-likeness (QED) is 0.487. The van der Waals surface area contributed by atoms with E-state index in [1.54, 1.807) is 24.9 Å². The Hall–Kier alpha value is -2.04. The molecule has 0 aliphatic heterocycles. The van der Waals surface area contributed by atoms with Crippen molar-refractivity contribution in [3.63, 3.8) is 0 Å². The predicted molar refractivity (Wildman–Crippen MR) is 117 cm³/mol. The van der Waals surface area contributed by atoms with Gasteiger partial charge in [0.25, 0.3) is 0 Å². The summed E-state index contributed by atoms with van der Waals surface area (Å²) >= 11 is 4.44. The van der Waals surface area contributed by atoms with Gasteiger partial charge in [0.05, 0.1) is 18.6 Å². The summed E-state index contributed by atoms with van der Waals surface area (Å²) < 4.78 is 12.0. The van der Waals surface area contributed by atoms with Crippen LogP contribution in [0, 0.1) is 0 Å². The average molecular weight is 451 g/mol. The molecule has 10 heteroatoms. The average Bonchev–Trinajstić information content (AvgIpc) is 3.34. The highest BCUT2D eigenvalue weighted by atomic mass is 32.2. The lowest BCUT2D eigenvalue weighted by molar-refractivity contribution is -0.113. The van der Waals surface area contributed by atoms with Gasteiger partial charge in [0.2, 0.25) is 11.8 Å². The fraction of sp³-hybridized carbons (Fsp3) is 0.368. The minimum atomic E-state index is -0.172. The number of amides is 1. The van der Waals surface area contributed by atoms with Gasteiger partial charge in [0, 0.05) is 17.2 Å². The van der Waals surface area contributed by atoms with Crippen LogP contribution in [-0.2, 0) is 16.0 Å². The Kier molecular flexibility index (Phi) is 7.20. The van der Waals surface area contributed by atoms with Crippen LogP contribution in [0.15, 0.2) is 43.5 Å². The summed E-state index contributed by atoms with van der Waals surface area (Å²) in [5, 5.41) is 15.0. The second-order valence-corrected chi connectivity index (χ2v) is 10.6. The largest absolute Gasteiger partial charge is 0.497 e. The van der Waals surface area contributed by atoms with E-state index in [1.165, 1.54) is 28.7 Å². The Morgan fingerprint density at radius 3 is 2.48 bits per heavy atom. The zero-order chi connectivity index (χ0) is 20.9. The van der Waals surface area contributed by atoms with Gasteiger partial charge in [-0.1, -0.05) is 72.9 Å². The smallest absolute Gasteiger partial charge is 0.237 e. The zero-order valence-electron chi connectivity index (χ0n) is 16.6. The summed E-state index contributed by atoms with van der Waals surface area (Å²) in [6.07, 6.45) is 0. The molecule has 0 saturated heterocycles. The molecule has 7 nitrogen and oxygen atoms in total. The van der Waals surface area contributed by atoms with Crippen LogP contribution in [0.2, 0.25) is 0 Å². The van der Waals surface area contributed by atoms with Gasteiger partial charge in [-0.15, -0.1) is 10.2 Å². The number of ether oxygens (including phenoxy) is 1. The van der Waals surface area contributed by atoms with Crippen LogP contribution in [0.5, 0.6) is 5.75 Å². The maximum atomic E-state index is 12.1. The van der Waals surface area contributed by atoms with Gasteiger partial charge >= 0.3 is 0 Å². The number of carbonyl (C=O) groups excluding carboxylic acids is 1. The third-order valence-corrected chi connectivity index (χ3v) is 7.04. The molecule has 0 fully saturated rings. The number of carbonyl (C=O) groups is 1. The third kappa shape index (κ3) is 6.48. The molecule has 3 aromatic rings. The monoisotopic (exact) mass is 450 g/mol. The SMILES string of the molecule is COc1ccc(CSc2nnc(SCC(=O)Nc3cc(C(C)(C)C)no3)s2)cc1. The summed E-state index contributed by atoms with van der Waals surface area (Å²) in [5.74, 6) is 2.05. The number of rotatable bonds is 8. The fourth-order valence-corrected chi connectivity index (χ4v) is 4.94. The molecule has 1 N–H and O–H groups in total. The molecule has 0 radical (unpaired) electrons. The highest BCUT2D eigenvalue weighted by Crippen LogP contribution is 2.31. The van der Waals surface area contributed by atoms with Crippen molar-refractivity contribution in [1.82, 2.24) is 15.4 Å². The first kappa shape index (κ1) is 21.7. The van der Waals surface area contributed by atoms with E-state index in [0.717, 1.165) is 25.9 Å². The van der Waals surface area contributed by atoms with Crippen LogP contribution in [0.1, 0.15) is 32.0 Å². The van der Waals surface area contributed by atoms with Crippen LogP contribution in [0.3, 0.4) is 0 Å². The molecule has 2 heterocycles. The first-order valence-electron chi connectivity index (χ1n) is 8.82. The molecule has 0 saturated carbocycles. The number of aromatic nitrogens is 3. The lowest BCUT2D eigenvalue weighted by atomic mass is 9.92. The van der Waals surface area contributed by atoms with Crippen LogP contribution in [0.4, 0.5) is 5.88 Å². The molecular weight excluding hydrogens is 428 g/mol. The van der Waals surface area contributed by atoms with E-state index in [-0.39, 0.29) is 17.1 Å². The molecule has 2 aromatic heterocycles. The van der Waals surface area contributed by atoms with E-state index >= 15 is 0 Å². The van der Waals surface area contributed by atoms with Crippen LogP contribution < -0.4 is 10.1 Å². The second kappa shape index (κ2) is 9.64. The Bertz CT molecular complexity index is 948. The predicted octanol–water partition coefficient (Wildman–Crippen LogP) is 4.86. The highest BCUT2D eigenvalue weighted by molar-refractivity contribution is 8.03. The van der Waals surface area contributed by atoms with Crippen molar-refractivity contribution < 1.29 is 14.1 Å². The number of methoxy groups -OCH3 is 1. The van der Waals surface area contributed by atoms with Crippen molar-refractivity contribution in [3.05, 3.63) is 41.6 Å². The summed E-state index contributed by atoms with van der Waals surface area (Å²) in [6, 6.07) is 9.69. The Morgan fingerprint density at radius 1 is 1.17 bits per heavy atom. The lowest BCUT2D eigenvalue weighted by Gasteiger charge is -2.12. The van der Waals surface area contributed by atoms with Gasteiger partial charge in [-0.2, -0.15) is 0 Å². The van der Waals surface area contributed by atoms with Gasteiger partial charge in [0.15, 0.2) is 8.68 Å². The van der Waals surface area contributed by atoms with E-state index in [1.807, 2.05) is 45.0 Å². The van der Waals surface area contributed by atoms with Gasteiger partial charge in [-0.25, -0.2) is 0 Å². The molecule has 0 spiro atoms. The van der Waals surface area contributed by atoms with Gasteiger partial charge in [-0.05, 0) is 17.7 Å². The second-order valence-electron chi connectivity index (χ2n) is 7.13. The minimum Gasteiger partial charge on any atom is -0.497 e. The fourth-order valence-electron chi connectivity index (χ4n) is 2.17. The van der Waals surface area contributed by atoms with Crippen LogP contribution in [-0.4, -0.2) is 34.1 Å². The van der Waals surface area contributed by atoms with E-state index in [2.05, 4.69) is 20.7 Å². The standard InChI is InChI=1S/C19H22N4O3S3/c1-19(2,3)14-9-16(26-23-14)20-15(24)11-28-18-22-21-17(29-18)27-10-12-5-7-13(25-4)8-6-12/h5-9H,10-11H2,1-4H3,(H,20,24). The number of nitrogens with one attached hydrogen (secondary N) is 1. The topological polar surface area (TPSA) is 90.1 Å².